The Bertz CT molecular complexity index is 347. The summed E-state index contributed by atoms with van der Waals surface area (Å²) in [6.45, 7) is 1.74. The van der Waals surface area contributed by atoms with Gasteiger partial charge in [0.15, 0.2) is 0 Å². The van der Waals surface area contributed by atoms with Gasteiger partial charge in [-0.15, -0.1) is 12.6 Å². The second-order valence-electron chi connectivity index (χ2n) is 2.84. The summed E-state index contributed by atoms with van der Waals surface area (Å²) >= 11 is 4.12. The van der Waals surface area contributed by atoms with Crippen LogP contribution in [0.25, 0.3) is 0 Å². The molecule has 0 aliphatic heterocycles. The first-order chi connectivity index (χ1) is 6.00. The maximum Gasteiger partial charge on any atom is 0.307 e. The molecule has 2 N–H and O–H groups in total. The molecule has 3 nitrogen and oxygen atoms in total. The minimum absolute atomic E-state index is 0.106. The molecular formula is C9H10O3S. The van der Waals surface area contributed by atoms with E-state index in [1.807, 2.05) is 0 Å². The van der Waals surface area contributed by atoms with E-state index in [2.05, 4.69) is 12.6 Å². The van der Waals surface area contributed by atoms with Crippen molar-refractivity contribution in [2.75, 3.05) is 0 Å². The van der Waals surface area contributed by atoms with Crippen molar-refractivity contribution in [2.24, 2.45) is 0 Å². The zero-order valence-electron chi connectivity index (χ0n) is 7.11. The number of phenols is 1. The minimum Gasteiger partial charge on any atom is -0.508 e. The van der Waals surface area contributed by atoms with Gasteiger partial charge in [0.25, 0.3) is 0 Å². The number of aryl methyl sites for hydroxylation is 1. The summed E-state index contributed by atoms with van der Waals surface area (Å²) in [5, 5.41) is 17.8. The van der Waals surface area contributed by atoms with E-state index in [0.717, 1.165) is 0 Å². The Kier molecular flexibility index (Phi) is 2.83. The molecule has 0 heterocycles. The predicted molar refractivity (Wildman–Crippen MR) is 51.4 cm³/mol. The third-order valence-corrected chi connectivity index (χ3v) is 2.16. The van der Waals surface area contributed by atoms with Crippen molar-refractivity contribution >= 4 is 18.6 Å². The second kappa shape index (κ2) is 3.70. The lowest BCUT2D eigenvalue weighted by Crippen LogP contribution is -2.01. The predicted octanol–water partition coefficient (Wildman–Crippen LogP) is 1.62. The number of carbonyl (C=O) groups is 1. The highest BCUT2D eigenvalue weighted by Crippen LogP contribution is 2.24. The number of hydrogen-bond donors (Lipinski definition) is 3. The van der Waals surface area contributed by atoms with Crippen molar-refractivity contribution in [3.8, 4) is 5.75 Å². The van der Waals surface area contributed by atoms with E-state index in [-0.39, 0.29) is 12.2 Å². The Hall–Kier alpha value is -1.16. The summed E-state index contributed by atoms with van der Waals surface area (Å²) in [7, 11) is 0. The molecule has 0 saturated carbocycles. The van der Waals surface area contributed by atoms with E-state index in [4.69, 9.17) is 5.11 Å². The zero-order chi connectivity index (χ0) is 10.0. The standard InChI is InChI=1S/C9H10O3S/c1-5-2-8(13)6(3-7(5)10)4-9(11)12/h2-3,10,13H,4H2,1H3,(H,11,12). The summed E-state index contributed by atoms with van der Waals surface area (Å²) in [6, 6.07) is 3.09. The van der Waals surface area contributed by atoms with Crippen LogP contribution in [0.1, 0.15) is 11.1 Å². The molecule has 0 spiro atoms. The molecule has 0 saturated heterocycles. The molecule has 1 rings (SSSR count). The number of carboxylic acids is 1. The molecule has 0 fully saturated rings. The third kappa shape index (κ3) is 2.39. The molecular weight excluding hydrogens is 188 g/mol. The van der Waals surface area contributed by atoms with Gasteiger partial charge in [-0.1, -0.05) is 0 Å². The number of phenolic OH excluding ortho intramolecular Hbond substituents is 1. The zero-order valence-corrected chi connectivity index (χ0v) is 8.01. The summed E-state index contributed by atoms with van der Waals surface area (Å²) in [5.41, 5.74) is 1.22. The van der Waals surface area contributed by atoms with Crippen LogP contribution in [-0.4, -0.2) is 16.2 Å². The van der Waals surface area contributed by atoms with Crippen molar-refractivity contribution in [3.63, 3.8) is 0 Å². The molecule has 0 aliphatic rings. The highest BCUT2D eigenvalue weighted by molar-refractivity contribution is 7.80. The summed E-state index contributed by atoms with van der Waals surface area (Å²) in [5.74, 6) is -0.826. The van der Waals surface area contributed by atoms with Gasteiger partial charge < -0.3 is 10.2 Å². The first-order valence-electron chi connectivity index (χ1n) is 3.74. The fraction of sp³-hybridized carbons (Fsp3) is 0.222. The van der Waals surface area contributed by atoms with Crippen LogP contribution in [0, 0.1) is 6.92 Å². The van der Waals surface area contributed by atoms with E-state index >= 15 is 0 Å². The van der Waals surface area contributed by atoms with Crippen LogP contribution in [0.3, 0.4) is 0 Å². The number of rotatable bonds is 2. The average molecular weight is 198 g/mol. The average Bonchev–Trinajstić information content (AvgIpc) is 1.99. The van der Waals surface area contributed by atoms with Gasteiger partial charge in [-0.2, -0.15) is 0 Å². The van der Waals surface area contributed by atoms with E-state index in [1.54, 1.807) is 13.0 Å². The smallest absolute Gasteiger partial charge is 0.307 e. The number of aliphatic carboxylic acids is 1. The summed E-state index contributed by atoms with van der Waals surface area (Å²) in [6.07, 6.45) is -0.118. The lowest BCUT2D eigenvalue weighted by Gasteiger charge is -2.05. The number of hydrogen-bond acceptors (Lipinski definition) is 3. The molecule has 70 valence electrons. The Morgan fingerprint density at radius 3 is 2.69 bits per heavy atom. The van der Waals surface area contributed by atoms with E-state index in [0.29, 0.717) is 16.0 Å². The monoisotopic (exact) mass is 198 g/mol. The van der Waals surface area contributed by atoms with Crippen LogP contribution in [0.5, 0.6) is 5.75 Å². The number of thiol groups is 1. The fourth-order valence-corrected chi connectivity index (χ4v) is 1.37. The normalized spacial score (nSPS) is 10.0. The van der Waals surface area contributed by atoms with Gasteiger partial charge in [-0.25, -0.2) is 0 Å². The first kappa shape index (κ1) is 9.92. The van der Waals surface area contributed by atoms with Crippen LogP contribution in [0.15, 0.2) is 17.0 Å². The maximum atomic E-state index is 10.4. The van der Waals surface area contributed by atoms with Gasteiger partial charge in [0.2, 0.25) is 0 Å². The molecule has 0 atom stereocenters. The number of carboxylic acid groups (broad SMARTS) is 1. The molecule has 1 aromatic rings. The van der Waals surface area contributed by atoms with Crippen molar-refractivity contribution in [1.29, 1.82) is 0 Å². The Labute approximate surface area is 81.4 Å². The van der Waals surface area contributed by atoms with Gasteiger partial charge in [-0.05, 0) is 30.2 Å². The van der Waals surface area contributed by atoms with Crippen molar-refractivity contribution in [3.05, 3.63) is 23.3 Å². The minimum atomic E-state index is -0.932. The lowest BCUT2D eigenvalue weighted by atomic mass is 10.1. The Morgan fingerprint density at radius 1 is 1.54 bits per heavy atom. The second-order valence-corrected chi connectivity index (χ2v) is 3.32. The lowest BCUT2D eigenvalue weighted by molar-refractivity contribution is -0.136. The summed E-state index contributed by atoms with van der Waals surface area (Å²) in [4.78, 5) is 11.0. The quantitative estimate of drug-likeness (QED) is 0.633. The molecule has 0 radical (unpaired) electrons. The van der Waals surface area contributed by atoms with Gasteiger partial charge in [0, 0.05) is 4.90 Å². The van der Waals surface area contributed by atoms with E-state index < -0.39 is 5.97 Å². The van der Waals surface area contributed by atoms with Crippen molar-refractivity contribution in [2.45, 2.75) is 18.2 Å². The molecule has 0 amide bonds. The van der Waals surface area contributed by atoms with Crippen LogP contribution in [-0.2, 0) is 11.2 Å². The maximum absolute atomic E-state index is 10.4. The first-order valence-corrected chi connectivity index (χ1v) is 4.18. The molecule has 4 heteroatoms. The van der Waals surface area contributed by atoms with Crippen LogP contribution in [0.2, 0.25) is 0 Å². The number of aromatic hydroxyl groups is 1. The fourth-order valence-electron chi connectivity index (χ4n) is 1.03. The highest BCUT2D eigenvalue weighted by Gasteiger charge is 2.07. The van der Waals surface area contributed by atoms with E-state index in [1.165, 1.54) is 6.07 Å². The van der Waals surface area contributed by atoms with Gasteiger partial charge >= 0.3 is 5.97 Å². The van der Waals surface area contributed by atoms with Crippen molar-refractivity contribution in [1.82, 2.24) is 0 Å². The van der Waals surface area contributed by atoms with Gasteiger partial charge in [-0.3, -0.25) is 4.79 Å². The van der Waals surface area contributed by atoms with Crippen LogP contribution < -0.4 is 0 Å². The molecule has 0 aliphatic carbocycles. The molecule has 1 aromatic carbocycles. The molecule has 0 bridgehead atoms. The van der Waals surface area contributed by atoms with Gasteiger partial charge in [0.05, 0.1) is 6.42 Å². The SMILES string of the molecule is Cc1cc(S)c(CC(=O)O)cc1O. The Balaban J connectivity index is 3.08. The third-order valence-electron chi connectivity index (χ3n) is 1.74. The summed E-state index contributed by atoms with van der Waals surface area (Å²) < 4.78 is 0. The molecule has 0 aromatic heterocycles. The van der Waals surface area contributed by atoms with Crippen LogP contribution >= 0.6 is 12.6 Å². The van der Waals surface area contributed by atoms with Crippen molar-refractivity contribution < 1.29 is 15.0 Å². The Morgan fingerprint density at radius 2 is 2.15 bits per heavy atom. The van der Waals surface area contributed by atoms with E-state index in [9.17, 15) is 9.90 Å². The largest absolute Gasteiger partial charge is 0.508 e. The highest BCUT2D eigenvalue weighted by atomic mass is 32.1. The topological polar surface area (TPSA) is 57.5 Å². The van der Waals surface area contributed by atoms with Gasteiger partial charge in [0.1, 0.15) is 5.75 Å². The number of benzene rings is 1. The molecule has 0 unspecified atom stereocenters. The van der Waals surface area contributed by atoms with Crippen LogP contribution in [0.4, 0.5) is 0 Å². The molecule has 13 heavy (non-hydrogen) atoms.